The molecular weight excluding hydrogens is 338 g/mol. The molecule has 2 amide bonds. The minimum Gasteiger partial charge on any atom is -0.374 e. The molecule has 1 heterocycles. The van der Waals surface area contributed by atoms with Crippen LogP contribution in [-0.4, -0.2) is 43.3 Å². The van der Waals surface area contributed by atoms with Crippen molar-refractivity contribution >= 4 is 11.7 Å². The fraction of sp³-hybridized carbons (Fsp3) is 0.409. The van der Waals surface area contributed by atoms with Crippen molar-refractivity contribution < 1.29 is 9.53 Å². The number of amides is 2. The van der Waals surface area contributed by atoms with Crippen LogP contribution in [0.3, 0.4) is 0 Å². The second-order valence-corrected chi connectivity index (χ2v) is 7.32. The summed E-state index contributed by atoms with van der Waals surface area (Å²) in [6.07, 6.45) is 0.00780. The molecule has 27 heavy (non-hydrogen) atoms. The molecule has 1 fully saturated rings. The summed E-state index contributed by atoms with van der Waals surface area (Å²) in [5.74, 6) is 0. The summed E-state index contributed by atoms with van der Waals surface area (Å²) in [7, 11) is 0. The van der Waals surface area contributed by atoms with Crippen molar-refractivity contribution in [3.63, 3.8) is 0 Å². The van der Waals surface area contributed by atoms with Crippen LogP contribution in [0.5, 0.6) is 0 Å². The van der Waals surface area contributed by atoms with Gasteiger partial charge >= 0.3 is 6.03 Å². The number of benzene rings is 2. The highest BCUT2D eigenvalue weighted by Crippen LogP contribution is 2.21. The Kier molecular flexibility index (Phi) is 6.48. The van der Waals surface area contributed by atoms with Crippen molar-refractivity contribution in [2.45, 2.75) is 33.4 Å². The van der Waals surface area contributed by atoms with Gasteiger partial charge in [0.25, 0.3) is 0 Å². The zero-order valence-corrected chi connectivity index (χ0v) is 16.4. The van der Waals surface area contributed by atoms with Gasteiger partial charge in [0, 0.05) is 31.9 Å². The summed E-state index contributed by atoms with van der Waals surface area (Å²) < 4.78 is 5.83. The van der Waals surface area contributed by atoms with E-state index >= 15 is 0 Å². The Hall–Kier alpha value is -2.37. The molecule has 0 aromatic heterocycles. The van der Waals surface area contributed by atoms with Crippen LogP contribution in [0.2, 0.25) is 0 Å². The first kappa shape index (κ1) is 19.4. The van der Waals surface area contributed by atoms with Crippen molar-refractivity contribution in [3.05, 3.63) is 64.7 Å². The molecule has 1 atom stereocenters. The monoisotopic (exact) mass is 367 g/mol. The van der Waals surface area contributed by atoms with Gasteiger partial charge in [-0.05, 0) is 37.5 Å². The predicted octanol–water partition coefficient (Wildman–Crippen LogP) is 3.63. The van der Waals surface area contributed by atoms with E-state index in [1.807, 2.05) is 19.9 Å². The number of morpholine rings is 1. The third kappa shape index (κ3) is 5.55. The maximum Gasteiger partial charge on any atom is 0.319 e. The molecule has 1 aliphatic heterocycles. The van der Waals surface area contributed by atoms with Gasteiger partial charge in [0.05, 0.1) is 12.7 Å². The summed E-state index contributed by atoms with van der Waals surface area (Å²) in [6.45, 7) is 9.93. The minimum atomic E-state index is -0.186. The van der Waals surface area contributed by atoms with Crippen molar-refractivity contribution in [2.75, 3.05) is 31.6 Å². The van der Waals surface area contributed by atoms with E-state index in [4.69, 9.17) is 4.74 Å². The van der Waals surface area contributed by atoms with Gasteiger partial charge in [0.1, 0.15) is 0 Å². The lowest BCUT2D eigenvalue weighted by atomic mass is 10.1. The molecule has 144 valence electrons. The lowest BCUT2D eigenvalue weighted by molar-refractivity contribution is -0.0285. The number of nitrogens with one attached hydrogen (secondary N) is 2. The Balaban J connectivity index is 1.48. The number of urea groups is 1. The Morgan fingerprint density at radius 2 is 1.85 bits per heavy atom. The maximum atomic E-state index is 12.3. The molecule has 0 aliphatic carbocycles. The molecule has 2 aromatic carbocycles. The van der Waals surface area contributed by atoms with Crippen LogP contribution in [0.4, 0.5) is 10.5 Å². The molecule has 5 heteroatoms. The number of carbonyl (C=O) groups excluding carboxylic acids is 1. The van der Waals surface area contributed by atoms with E-state index in [1.165, 1.54) is 11.1 Å². The first-order chi connectivity index (χ1) is 13.0. The maximum absolute atomic E-state index is 12.3. The highest BCUT2D eigenvalue weighted by molar-refractivity contribution is 5.91. The van der Waals surface area contributed by atoms with E-state index in [0.717, 1.165) is 36.4 Å². The number of anilines is 1. The average molecular weight is 367 g/mol. The van der Waals surface area contributed by atoms with Crippen LogP contribution in [0.25, 0.3) is 0 Å². The van der Waals surface area contributed by atoms with Crippen LogP contribution < -0.4 is 10.6 Å². The van der Waals surface area contributed by atoms with Gasteiger partial charge in [-0.1, -0.05) is 48.0 Å². The van der Waals surface area contributed by atoms with Crippen molar-refractivity contribution in [2.24, 2.45) is 0 Å². The molecule has 1 saturated heterocycles. The summed E-state index contributed by atoms with van der Waals surface area (Å²) in [5.41, 5.74) is 5.53. The van der Waals surface area contributed by atoms with E-state index in [-0.39, 0.29) is 12.1 Å². The van der Waals surface area contributed by atoms with Crippen molar-refractivity contribution in [3.8, 4) is 0 Å². The van der Waals surface area contributed by atoms with Gasteiger partial charge < -0.3 is 15.4 Å². The van der Waals surface area contributed by atoms with Gasteiger partial charge in [-0.2, -0.15) is 0 Å². The number of carbonyl (C=O) groups is 1. The molecule has 2 aromatic rings. The first-order valence-electron chi connectivity index (χ1n) is 9.52. The Bertz CT molecular complexity index is 753. The summed E-state index contributed by atoms with van der Waals surface area (Å²) >= 11 is 0. The largest absolute Gasteiger partial charge is 0.374 e. The molecule has 0 bridgehead atoms. The van der Waals surface area contributed by atoms with Crippen molar-refractivity contribution in [1.82, 2.24) is 10.2 Å². The standard InChI is InChI=1S/C22H29N3O2/c1-16-11-17(2)21(18(3)12-16)24-22(26)23-13-20-15-25(9-10-27-20)14-19-7-5-4-6-8-19/h4-8,11-12,20H,9-10,13-15H2,1-3H3,(H2,23,24,26). The number of aryl methyl sites for hydroxylation is 3. The highest BCUT2D eigenvalue weighted by atomic mass is 16.5. The molecule has 1 aliphatic rings. The third-order valence-corrected chi connectivity index (χ3v) is 4.88. The fourth-order valence-corrected chi connectivity index (χ4v) is 3.63. The highest BCUT2D eigenvalue weighted by Gasteiger charge is 2.21. The number of nitrogens with zero attached hydrogens (tertiary/aromatic N) is 1. The molecule has 0 spiro atoms. The Labute approximate surface area is 161 Å². The zero-order valence-electron chi connectivity index (χ0n) is 16.4. The van der Waals surface area contributed by atoms with Crippen LogP contribution in [0, 0.1) is 20.8 Å². The Morgan fingerprint density at radius 1 is 1.15 bits per heavy atom. The summed E-state index contributed by atoms with van der Waals surface area (Å²) in [6, 6.07) is 14.4. The minimum absolute atomic E-state index is 0.00780. The molecule has 1 unspecified atom stereocenters. The van der Waals surface area contributed by atoms with Gasteiger partial charge in [-0.15, -0.1) is 0 Å². The van der Waals surface area contributed by atoms with Gasteiger partial charge in [-0.25, -0.2) is 4.79 Å². The molecule has 0 radical (unpaired) electrons. The number of hydrogen-bond donors (Lipinski definition) is 2. The van der Waals surface area contributed by atoms with E-state index in [9.17, 15) is 4.79 Å². The summed E-state index contributed by atoms with van der Waals surface area (Å²) in [5, 5.41) is 5.93. The molecule has 0 saturated carbocycles. The average Bonchev–Trinajstić information content (AvgIpc) is 2.64. The normalized spacial score (nSPS) is 17.5. The number of ether oxygens (including phenoxy) is 1. The zero-order chi connectivity index (χ0) is 19.2. The first-order valence-corrected chi connectivity index (χ1v) is 9.52. The van der Waals surface area contributed by atoms with Crippen LogP contribution in [0.15, 0.2) is 42.5 Å². The lowest BCUT2D eigenvalue weighted by Crippen LogP contribution is -2.47. The second kappa shape index (κ2) is 9.02. The van der Waals surface area contributed by atoms with E-state index in [0.29, 0.717) is 13.2 Å². The van der Waals surface area contributed by atoms with Crippen LogP contribution >= 0.6 is 0 Å². The topological polar surface area (TPSA) is 53.6 Å². The van der Waals surface area contributed by atoms with Crippen molar-refractivity contribution in [1.29, 1.82) is 0 Å². The van der Waals surface area contributed by atoms with E-state index in [1.54, 1.807) is 0 Å². The smallest absolute Gasteiger partial charge is 0.319 e. The van der Waals surface area contributed by atoms with Gasteiger partial charge in [0.2, 0.25) is 0 Å². The predicted molar refractivity (Wildman–Crippen MR) is 109 cm³/mol. The SMILES string of the molecule is Cc1cc(C)c(NC(=O)NCC2CN(Cc3ccccc3)CCO2)c(C)c1. The van der Waals surface area contributed by atoms with E-state index < -0.39 is 0 Å². The van der Waals surface area contributed by atoms with E-state index in [2.05, 4.69) is 58.9 Å². The fourth-order valence-electron chi connectivity index (χ4n) is 3.63. The number of rotatable bonds is 5. The quantitative estimate of drug-likeness (QED) is 0.848. The Morgan fingerprint density at radius 3 is 2.56 bits per heavy atom. The second-order valence-electron chi connectivity index (χ2n) is 7.32. The molecule has 2 N–H and O–H groups in total. The molecule has 3 rings (SSSR count). The van der Waals surface area contributed by atoms with Gasteiger partial charge in [0.15, 0.2) is 0 Å². The van der Waals surface area contributed by atoms with Gasteiger partial charge in [-0.3, -0.25) is 4.90 Å². The number of hydrogen-bond acceptors (Lipinski definition) is 3. The van der Waals surface area contributed by atoms with Crippen LogP contribution in [0.1, 0.15) is 22.3 Å². The molecule has 5 nitrogen and oxygen atoms in total. The lowest BCUT2D eigenvalue weighted by Gasteiger charge is -2.33. The van der Waals surface area contributed by atoms with Crippen LogP contribution in [-0.2, 0) is 11.3 Å². The molecular formula is C22H29N3O2. The summed E-state index contributed by atoms with van der Waals surface area (Å²) in [4.78, 5) is 14.7. The third-order valence-electron chi connectivity index (χ3n) is 4.88.